The maximum absolute atomic E-state index is 13.9. The molecule has 102 valence electrons. The lowest BCUT2D eigenvalue weighted by molar-refractivity contribution is -0.138. The molecule has 4 nitrogen and oxygen atoms in total. The van der Waals surface area contributed by atoms with Gasteiger partial charge in [0.05, 0.1) is 12.1 Å². The minimum absolute atomic E-state index is 0.113. The highest BCUT2D eigenvalue weighted by atomic mass is 32.2. The van der Waals surface area contributed by atoms with Gasteiger partial charge in [0.15, 0.2) is 0 Å². The predicted molar refractivity (Wildman–Crippen MR) is 70.9 cm³/mol. The Morgan fingerprint density at radius 1 is 1.47 bits per heavy atom. The summed E-state index contributed by atoms with van der Waals surface area (Å²) < 4.78 is 13.9. The largest absolute Gasteiger partial charge is 0.481 e. The molecule has 0 bridgehead atoms. The van der Waals surface area contributed by atoms with Crippen molar-refractivity contribution >= 4 is 29.3 Å². The number of halogens is 1. The molecule has 2 rings (SSSR count). The average molecular weight is 283 g/mol. The second-order valence-electron chi connectivity index (χ2n) is 4.40. The van der Waals surface area contributed by atoms with Gasteiger partial charge in [-0.1, -0.05) is 6.07 Å². The van der Waals surface area contributed by atoms with E-state index in [1.807, 2.05) is 6.92 Å². The zero-order valence-corrected chi connectivity index (χ0v) is 11.2. The maximum Gasteiger partial charge on any atom is 0.303 e. The van der Waals surface area contributed by atoms with Gasteiger partial charge in [0, 0.05) is 23.1 Å². The highest BCUT2D eigenvalue weighted by molar-refractivity contribution is 7.99. The lowest BCUT2D eigenvalue weighted by atomic mass is 10.1. The summed E-state index contributed by atoms with van der Waals surface area (Å²) in [5.74, 6) is -1.14. The number of fused-ring (bicyclic) bond motifs is 1. The molecule has 0 radical (unpaired) electrons. The molecule has 0 fully saturated rings. The minimum Gasteiger partial charge on any atom is -0.481 e. The first kappa shape index (κ1) is 13.9. The summed E-state index contributed by atoms with van der Waals surface area (Å²) in [6.07, 6.45) is -0.350. The first-order valence-corrected chi connectivity index (χ1v) is 6.94. The van der Waals surface area contributed by atoms with Crippen LogP contribution >= 0.6 is 11.8 Å². The molecule has 0 aliphatic carbocycles. The smallest absolute Gasteiger partial charge is 0.303 e. The van der Waals surface area contributed by atoms with Crippen molar-refractivity contribution in [2.24, 2.45) is 0 Å². The summed E-state index contributed by atoms with van der Waals surface area (Å²) >= 11 is 1.51. The van der Waals surface area contributed by atoms with E-state index >= 15 is 0 Å². The summed E-state index contributed by atoms with van der Waals surface area (Å²) in [5, 5.41) is 8.63. The fraction of sp³-hybridized carbons (Fsp3) is 0.385. The third-order valence-electron chi connectivity index (χ3n) is 2.93. The van der Waals surface area contributed by atoms with Crippen LogP contribution in [-0.4, -0.2) is 28.8 Å². The quantitative estimate of drug-likeness (QED) is 0.926. The van der Waals surface area contributed by atoms with Crippen LogP contribution in [0.3, 0.4) is 0 Å². The molecule has 0 spiro atoms. The van der Waals surface area contributed by atoms with Crippen molar-refractivity contribution < 1.29 is 19.1 Å². The van der Waals surface area contributed by atoms with Crippen molar-refractivity contribution in [3.8, 4) is 0 Å². The number of thioether (sulfide) groups is 1. The van der Waals surface area contributed by atoms with Crippen LogP contribution in [0.1, 0.15) is 19.8 Å². The minimum atomic E-state index is -1.03. The normalized spacial score (nSPS) is 18.0. The number of aliphatic carboxylic acids is 1. The van der Waals surface area contributed by atoms with Crippen LogP contribution in [0.4, 0.5) is 10.1 Å². The SMILES string of the molecule is CC1CSc2cccc(F)c2N1C(=O)CCC(=O)O. The number of carbonyl (C=O) groups is 2. The van der Waals surface area contributed by atoms with E-state index in [1.165, 1.54) is 22.7 Å². The number of rotatable bonds is 3. The zero-order valence-electron chi connectivity index (χ0n) is 10.4. The predicted octanol–water partition coefficient (Wildman–Crippen LogP) is 2.52. The van der Waals surface area contributed by atoms with Crippen molar-refractivity contribution in [3.05, 3.63) is 24.0 Å². The number of benzene rings is 1. The van der Waals surface area contributed by atoms with Gasteiger partial charge in [-0.05, 0) is 19.1 Å². The van der Waals surface area contributed by atoms with Gasteiger partial charge in [0.2, 0.25) is 5.91 Å². The van der Waals surface area contributed by atoms with Gasteiger partial charge in [0.1, 0.15) is 5.82 Å². The van der Waals surface area contributed by atoms with Crippen molar-refractivity contribution in [1.29, 1.82) is 0 Å². The number of carboxylic acid groups (broad SMARTS) is 1. The van der Waals surface area contributed by atoms with Gasteiger partial charge in [0.25, 0.3) is 0 Å². The molecule has 1 amide bonds. The number of carbonyl (C=O) groups excluding carboxylic acids is 1. The van der Waals surface area contributed by atoms with Crippen LogP contribution in [-0.2, 0) is 9.59 Å². The molecule has 0 aromatic heterocycles. The Morgan fingerprint density at radius 3 is 2.89 bits per heavy atom. The molecule has 1 aromatic carbocycles. The first-order valence-electron chi connectivity index (χ1n) is 5.96. The van der Waals surface area contributed by atoms with Gasteiger partial charge in [-0.3, -0.25) is 9.59 Å². The molecular weight excluding hydrogens is 269 g/mol. The number of hydrogen-bond acceptors (Lipinski definition) is 3. The van der Waals surface area contributed by atoms with E-state index in [2.05, 4.69) is 0 Å². The van der Waals surface area contributed by atoms with Crippen LogP contribution < -0.4 is 4.90 Å². The zero-order chi connectivity index (χ0) is 14.0. The molecule has 1 unspecified atom stereocenters. The topological polar surface area (TPSA) is 57.6 Å². The van der Waals surface area contributed by atoms with Gasteiger partial charge in [-0.15, -0.1) is 11.8 Å². The lowest BCUT2D eigenvalue weighted by Crippen LogP contribution is -2.43. The molecule has 1 atom stereocenters. The highest BCUT2D eigenvalue weighted by Gasteiger charge is 2.31. The Bertz CT molecular complexity index is 521. The highest BCUT2D eigenvalue weighted by Crippen LogP contribution is 2.39. The first-order chi connectivity index (χ1) is 9.00. The van der Waals surface area contributed by atoms with E-state index < -0.39 is 11.8 Å². The van der Waals surface area contributed by atoms with E-state index in [4.69, 9.17) is 5.11 Å². The van der Waals surface area contributed by atoms with Gasteiger partial charge in [-0.25, -0.2) is 4.39 Å². The van der Waals surface area contributed by atoms with E-state index in [0.29, 0.717) is 5.75 Å². The third kappa shape index (κ3) is 2.89. The Hall–Kier alpha value is -1.56. The Labute approximate surface area is 114 Å². The summed E-state index contributed by atoms with van der Waals surface area (Å²) in [6.45, 7) is 1.83. The summed E-state index contributed by atoms with van der Waals surface area (Å²) in [6, 6.07) is 4.55. The monoisotopic (exact) mass is 283 g/mol. The summed E-state index contributed by atoms with van der Waals surface area (Å²) in [4.78, 5) is 24.8. The molecule has 1 aliphatic heterocycles. The standard InChI is InChI=1S/C13H14FNO3S/c1-8-7-19-10-4-2-3-9(14)13(10)15(8)11(16)5-6-12(17)18/h2-4,8H,5-7H2,1H3,(H,17,18). The summed E-state index contributed by atoms with van der Waals surface area (Å²) in [7, 11) is 0. The second kappa shape index (κ2) is 5.61. The van der Waals surface area contributed by atoms with Crippen LogP contribution in [0.5, 0.6) is 0 Å². The van der Waals surface area contributed by atoms with Crippen LogP contribution in [0.25, 0.3) is 0 Å². The summed E-state index contributed by atoms with van der Waals surface area (Å²) in [5.41, 5.74) is 0.279. The van der Waals surface area contributed by atoms with Crippen LogP contribution in [0, 0.1) is 5.82 Å². The fourth-order valence-electron chi connectivity index (χ4n) is 2.06. The van der Waals surface area contributed by atoms with Crippen molar-refractivity contribution in [2.45, 2.75) is 30.7 Å². The molecule has 19 heavy (non-hydrogen) atoms. The van der Waals surface area contributed by atoms with Crippen LogP contribution in [0.2, 0.25) is 0 Å². The number of hydrogen-bond donors (Lipinski definition) is 1. The molecule has 0 saturated heterocycles. The Balaban J connectivity index is 2.30. The van der Waals surface area contributed by atoms with E-state index in [0.717, 1.165) is 4.90 Å². The lowest BCUT2D eigenvalue weighted by Gasteiger charge is -2.35. The molecule has 6 heteroatoms. The fourth-order valence-corrected chi connectivity index (χ4v) is 3.13. The van der Waals surface area contributed by atoms with E-state index in [1.54, 1.807) is 12.1 Å². The van der Waals surface area contributed by atoms with Crippen LogP contribution in [0.15, 0.2) is 23.1 Å². The van der Waals surface area contributed by atoms with E-state index in [9.17, 15) is 14.0 Å². The number of nitrogens with zero attached hydrogens (tertiary/aromatic N) is 1. The molecule has 1 heterocycles. The Morgan fingerprint density at radius 2 is 2.21 bits per heavy atom. The van der Waals surface area contributed by atoms with Crippen molar-refractivity contribution in [1.82, 2.24) is 0 Å². The van der Waals surface area contributed by atoms with Gasteiger partial charge >= 0.3 is 5.97 Å². The number of para-hydroxylation sites is 1. The molecule has 1 aromatic rings. The van der Waals surface area contributed by atoms with Gasteiger partial charge in [-0.2, -0.15) is 0 Å². The van der Waals surface area contributed by atoms with Gasteiger partial charge < -0.3 is 10.0 Å². The third-order valence-corrected chi connectivity index (χ3v) is 4.22. The van der Waals surface area contributed by atoms with Crippen molar-refractivity contribution in [2.75, 3.05) is 10.7 Å². The maximum atomic E-state index is 13.9. The molecule has 1 N–H and O–H groups in total. The number of anilines is 1. The number of carboxylic acids is 1. The molecular formula is C13H14FNO3S. The number of amides is 1. The van der Waals surface area contributed by atoms with E-state index in [-0.39, 0.29) is 30.5 Å². The second-order valence-corrected chi connectivity index (χ2v) is 5.47. The molecule has 1 aliphatic rings. The van der Waals surface area contributed by atoms with Crippen molar-refractivity contribution in [3.63, 3.8) is 0 Å². The Kier molecular flexibility index (Phi) is 4.09. The molecule has 0 saturated carbocycles. The average Bonchev–Trinajstić information content (AvgIpc) is 2.36.